The molecule has 0 aliphatic heterocycles. The van der Waals surface area contributed by atoms with Gasteiger partial charge in [-0.2, -0.15) is 0 Å². The summed E-state index contributed by atoms with van der Waals surface area (Å²) >= 11 is 1.85. The first kappa shape index (κ1) is 12.8. The first-order chi connectivity index (χ1) is 9.95. The van der Waals surface area contributed by atoms with Crippen LogP contribution in [0.15, 0.2) is 36.4 Å². The molecule has 0 spiro atoms. The van der Waals surface area contributed by atoms with Crippen molar-refractivity contribution in [2.75, 3.05) is 0 Å². The number of benzene rings is 2. The molecule has 4 aromatic rings. The zero-order valence-corrected chi connectivity index (χ0v) is 13.6. The Morgan fingerprint density at radius 3 is 2.52 bits per heavy atom. The lowest BCUT2D eigenvalue weighted by Crippen LogP contribution is -2.17. The zero-order chi connectivity index (χ0) is 14.8. The molecule has 3 heteroatoms. The van der Waals surface area contributed by atoms with Gasteiger partial charge in [0.2, 0.25) is 0 Å². The van der Waals surface area contributed by atoms with E-state index < -0.39 is 0 Å². The largest absolute Gasteiger partial charge is 0.331 e. The maximum Gasteiger partial charge on any atom is 0.115 e. The Labute approximate surface area is 128 Å². The third-order valence-corrected chi connectivity index (χ3v) is 5.18. The monoisotopic (exact) mass is 294 g/mol. The lowest BCUT2D eigenvalue weighted by atomic mass is 9.96. The molecule has 0 saturated heterocycles. The first-order valence-electron chi connectivity index (χ1n) is 7.23. The Balaban J connectivity index is 2.13. The molecule has 0 saturated carbocycles. The van der Waals surface area contributed by atoms with E-state index in [0.29, 0.717) is 0 Å². The molecule has 0 amide bonds. The second kappa shape index (κ2) is 4.08. The highest BCUT2D eigenvalue weighted by atomic mass is 32.1. The minimum atomic E-state index is 0.0588. The van der Waals surface area contributed by atoms with E-state index in [9.17, 15) is 0 Å². The second-order valence-corrected chi connectivity index (χ2v) is 7.76. The summed E-state index contributed by atoms with van der Waals surface area (Å²) in [6.45, 7) is 6.64. The molecule has 0 aliphatic rings. The van der Waals surface area contributed by atoms with Crippen molar-refractivity contribution in [2.45, 2.75) is 26.2 Å². The number of hydrogen-bond acceptors (Lipinski definition) is 2. The molecule has 0 fully saturated rings. The van der Waals surface area contributed by atoms with Crippen LogP contribution in [0.2, 0.25) is 0 Å². The fourth-order valence-electron chi connectivity index (χ4n) is 3.08. The maximum atomic E-state index is 4.87. The number of rotatable bonds is 0. The molecule has 0 unspecified atom stereocenters. The fourth-order valence-corrected chi connectivity index (χ4v) is 4.20. The van der Waals surface area contributed by atoms with Crippen LogP contribution in [0.25, 0.3) is 31.2 Å². The van der Waals surface area contributed by atoms with E-state index >= 15 is 0 Å². The minimum Gasteiger partial charge on any atom is -0.331 e. The molecule has 2 aromatic carbocycles. The number of aryl methyl sites for hydroxylation is 1. The van der Waals surface area contributed by atoms with E-state index in [4.69, 9.17) is 4.98 Å². The Kier molecular flexibility index (Phi) is 2.49. The summed E-state index contributed by atoms with van der Waals surface area (Å²) < 4.78 is 4.91. The van der Waals surface area contributed by atoms with Crippen molar-refractivity contribution >= 4 is 42.5 Å². The highest BCUT2D eigenvalue weighted by Crippen LogP contribution is 2.37. The van der Waals surface area contributed by atoms with Crippen molar-refractivity contribution in [3.63, 3.8) is 0 Å². The summed E-state index contributed by atoms with van der Waals surface area (Å²) in [5, 5.41) is 2.68. The van der Waals surface area contributed by atoms with E-state index in [1.165, 1.54) is 25.7 Å². The highest BCUT2D eigenvalue weighted by molar-refractivity contribution is 7.25. The first-order valence-corrected chi connectivity index (χ1v) is 8.05. The number of aromatic nitrogens is 2. The van der Waals surface area contributed by atoms with Gasteiger partial charge >= 0.3 is 0 Å². The molecule has 0 bridgehead atoms. The highest BCUT2D eigenvalue weighted by Gasteiger charge is 2.21. The molecule has 0 radical (unpaired) electrons. The van der Waals surface area contributed by atoms with Crippen LogP contribution in [0.1, 0.15) is 26.6 Å². The van der Waals surface area contributed by atoms with Crippen molar-refractivity contribution in [1.82, 2.24) is 9.55 Å². The summed E-state index contributed by atoms with van der Waals surface area (Å²) in [6, 6.07) is 13.2. The molecular weight excluding hydrogens is 276 g/mol. The second-order valence-electron chi connectivity index (χ2n) is 6.68. The predicted molar refractivity (Wildman–Crippen MR) is 92.3 cm³/mol. The summed E-state index contributed by atoms with van der Waals surface area (Å²) in [6.07, 6.45) is 0. The average Bonchev–Trinajstić information content (AvgIpc) is 2.94. The van der Waals surface area contributed by atoms with Crippen LogP contribution < -0.4 is 0 Å². The predicted octanol–water partition coefficient (Wildman–Crippen LogP) is 5.24. The summed E-state index contributed by atoms with van der Waals surface area (Å²) in [5.41, 5.74) is 2.38. The van der Waals surface area contributed by atoms with Crippen molar-refractivity contribution in [3.05, 3.63) is 42.2 Å². The van der Waals surface area contributed by atoms with Gasteiger partial charge in [-0.1, -0.05) is 39.0 Å². The molecule has 0 aliphatic carbocycles. The topological polar surface area (TPSA) is 17.8 Å². The summed E-state index contributed by atoms with van der Waals surface area (Å²) in [7, 11) is 2.12. The van der Waals surface area contributed by atoms with Gasteiger partial charge in [0, 0.05) is 32.6 Å². The molecule has 106 valence electrons. The Bertz CT molecular complexity index is 983. The van der Waals surface area contributed by atoms with Crippen LogP contribution in [0.4, 0.5) is 0 Å². The number of imidazole rings is 1. The van der Waals surface area contributed by atoms with Crippen molar-refractivity contribution < 1.29 is 0 Å². The van der Waals surface area contributed by atoms with Crippen LogP contribution in [0, 0.1) is 0 Å². The van der Waals surface area contributed by atoms with Gasteiger partial charge in [-0.3, -0.25) is 0 Å². The number of thiophene rings is 1. The number of fused-ring (bicyclic) bond motifs is 4. The van der Waals surface area contributed by atoms with Crippen molar-refractivity contribution in [1.29, 1.82) is 0 Å². The van der Waals surface area contributed by atoms with E-state index in [1.54, 1.807) is 0 Å². The standard InChI is InChI=1S/C18H18N2S/c1-18(2,3)17-19-13-10-16-12(9-14(13)20(17)4)11-7-5-6-8-15(11)21-16/h5-10H,1-4H3. The summed E-state index contributed by atoms with van der Waals surface area (Å²) in [4.78, 5) is 4.87. The Morgan fingerprint density at radius 2 is 1.76 bits per heavy atom. The van der Waals surface area contributed by atoms with Crippen molar-refractivity contribution in [2.24, 2.45) is 7.05 Å². The molecule has 0 atom stereocenters. The van der Waals surface area contributed by atoms with Crippen LogP contribution in [0.3, 0.4) is 0 Å². The smallest absolute Gasteiger partial charge is 0.115 e. The molecular formula is C18H18N2S. The molecule has 2 heterocycles. The normalized spacial score (nSPS) is 12.8. The van der Waals surface area contributed by atoms with Gasteiger partial charge in [0.15, 0.2) is 0 Å². The van der Waals surface area contributed by atoms with E-state index in [0.717, 1.165) is 11.3 Å². The van der Waals surface area contributed by atoms with Crippen molar-refractivity contribution in [3.8, 4) is 0 Å². The van der Waals surface area contributed by atoms with Gasteiger partial charge < -0.3 is 4.57 Å². The van der Waals surface area contributed by atoms with Gasteiger partial charge in [-0.05, 0) is 18.2 Å². The maximum absolute atomic E-state index is 4.87. The summed E-state index contributed by atoms with van der Waals surface area (Å²) in [5.74, 6) is 1.14. The van der Waals surface area contributed by atoms with Crippen LogP contribution >= 0.6 is 11.3 Å². The third kappa shape index (κ3) is 1.80. The van der Waals surface area contributed by atoms with Gasteiger partial charge in [-0.15, -0.1) is 11.3 Å². The molecule has 2 aromatic heterocycles. The number of hydrogen-bond donors (Lipinski definition) is 0. The van der Waals surface area contributed by atoms with E-state index in [2.05, 4.69) is 68.8 Å². The molecule has 2 nitrogen and oxygen atoms in total. The lowest BCUT2D eigenvalue weighted by molar-refractivity contribution is 0.527. The van der Waals surface area contributed by atoms with E-state index in [-0.39, 0.29) is 5.41 Å². The van der Waals surface area contributed by atoms with Gasteiger partial charge in [0.1, 0.15) is 5.82 Å². The van der Waals surface area contributed by atoms with Crippen LogP contribution in [-0.2, 0) is 12.5 Å². The van der Waals surface area contributed by atoms with E-state index in [1.807, 2.05) is 11.3 Å². The SMILES string of the molecule is Cn1c(C(C)(C)C)nc2cc3sc4ccccc4c3cc21. The minimum absolute atomic E-state index is 0.0588. The third-order valence-electron chi connectivity index (χ3n) is 4.05. The Morgan fingerprint density at radius 1 is 1.00 bits per heavy atom. The molecule has 4 rings (SSSR count). The molecule has 0 N–H and O–H groups in total. The van der Waals surface area contributed by atoms with Gasteiger partial charge in [0.25, 0.3) is 0 Å². The van der Waals surface area contributed by atoms with Gasteiger partial charge in [0.05, 0.1) is 11.0 Å². The fraction of sp³-hybridized carbons (Fsp3) is 0.278. The zero-order valence-electron chi connectivity index (χ0n) is 12.8. The average molecular weight is 294 g/mol. The van der Waals surface area contributed by atoms with Crippen LogP contribution in [0.5, 0.6) is 0 Å². The van der Waals surface area contributed by atoms with Crippen LogP contribution in [-0.4, -0.2) is 9.55 Å². The number of nitrogens with zero attached hydrogens (tertiary/aromatic N) is 2. The van der Waals surface area contributed by atoms with Gasteiger partial charge in [-0.25, -0.2) is 4.98 Å². The Hall–Kier alpha value is -1.87. The quantitative estimate of drug-likeness (QED) is 0.434. The lowest BCUT2D eigenvalue weighted by Gasteiger charge is -2.17. The molecule has 21 heavy (non-hydrogen) atoms.